The SMILES string of the molecule is O=S(=O)(NCC1(O)CCOC1)c1cn[nH]c1. The van der Waals surface area contributed by atoms with Crippen LogP contribution in [-0.4, -0.2) is 49.1 Å². The van der Waals surface area contributed by atoms with Gasteiger partial charge in [-0.05, 0) is 0 Å². The van der Waals surface area contributed by atoms with E-state index in [2.05, 4.69) is 14.9 Å². The van der Waals surface area contributed by atoms with Crippen molar-refractivity contribution in [2.45, 2.75) is 16.9 Å². The van der Waals surface area contributed by atoms with Crippen molar-refractivity contribution in [3.63, 3.8) is 0 Å². The number of aromatic nitrogens is 2. The molecule has 0 radical (unpaired) electrons. The van der Waals surface area contributed by atoms with Crippen LogP contribution < -0.4 is 4.72 Å². The lowest BCUT2D eigenvalue weighted by molar-refractivity contribution is 0.0314. The van der Waals surface area contributed by atoms with E-state index in [0.717, 1.165) is 0 Å². The van der Waals surface area contributed by atoms with Gasteiger partial charge >= 0.3 is 0 Å². The zero-order chi connectivity index (χ0) is 11.6. The second-order valence-corrected chi connectivity index (χ2v) is 5.55. The van der Waals surface area contributed by atoms with Crippen molar-refractivity contribution in [3.8, 4) is 0 Å². The molecule has 0 aliphatic carbocycles. The smallest absolute Gasteiger partial charge is 0.243 e. The third kappa shape index (κ3) is 2.40. The first-order chi connectivity index (χ1) is 7.52. The maximum absolute atomic E-state index is 11.7. The first kappa shape index (κ1) is 11.5. The summed E-state index contributed by atoms with van der Waals surface area (Å²) in [4.78, 5) is 0.0509. The molecule has 1 aliphatic heterocycles. The number of hydrogen-bond donors (Lipinski definition) is 3. The second kappa shape index (κ2) is 4.13. The van der Waals surface area contributed by atoms with Crippen molar-refractivity contribution >= 4 is 10.0 Å². The quantitative estimate of drug-likeness (QED) is 0.622. The van der Waals surface area contributed by atoms with E-state index in [9.17, 15) is 13.5 Å². The largest absolute Gasteiger partial charge is 0.386 e. The molecule has 7 nitrogen and oxygen atoms in total. The molecule has 90 valence electrons. The van der Waals surface area contributed by atoms with Gasteiger partial charge in [0.1, 0.15) is 10.5 Å². The highest BCUT2D eigenvalue weighted by Crippen LogP contribution is 2.18. The Balaban J connectivity index is 2.00. The van der Waals surface area contributed by atoms with Gasteiger partial charge in [0.2, 0.25) is 10.0 Å². The van der Waals surface area contributed by atoms with Crippen molar-refractivity contribution < 1.29 is 18.3 Å². The average molecular weight is 247 g/mol. The zero-order valence-electron chi connectivity index (χ0n) is 8.51. The van der Waals surface area contributed by atoms with Gasteiger partial charge in [0, 0.05) is 25.8 Å². The summed E-state index contributed by atoms with van der Waals surface area (Å²) in [6.07, 6.45) is 2.91. The fraction of sp³-hybridized carbons (Fsp3) is 0.625. The van der Waals surface area contributed by atoms with Crippen LogP contribution in [0.4, 0.5) is 0 Å². The number of rotatable bonds is 4. The van der Waals surface area contributed by atoms with Gasteiger partial charge in [-0.2, -0.15) is 5.10 Å². The maximum atomic E-state index is 11.7. The molecule has 8 heteroatoms. The first-order valence-electron chi connectivity index (χ1n) is 4.80. The van der Waals surface area contributed by atoms with Gasteiger partial charge in [0.15, 0.2) is 0 Å². The Labute approximate surface area is 92.9 Å². The van der Waals surface area contributed by atoms with Crippen LogP contribution >= 0.6 is 0 Å². The van der Waals surface area contributed by atoms with Gasteiger partial charge in [0.25, 0.3) is 0 Å². The lowest BCUT2D eigenvalue weighted by Crippen LogP contribution is -2.43. The fourth-order valence-corrected chi connectivity index (χ4v) is 2.46. The molecule has 1 aromatic heterocycles. The van der Waals surface area contributed by atoms with E-state index in [0.29, 0.717) is 13.0 Å². The van der Waals surface area contributed by atoms with Crippen LogP contribution in [0.3, 0.4) is 0 Å². The molecule has 2 rings (SSSR count). The highest BCUT2D eigenvalue weighted by Gasteiger charge is 2.33. The highest BCUT2D eigenvalue weighted by atomic mass is 32.2. The van der Waals surface area contributed by atoms with Crippen LogP contribution in [0.15, 0.2) is 17.3 Å². The summed E-state index contributed by atoms with van der Waals surface area (Å²) in [5, 5.41) is 15.8. The molecule has 0 bridgehead atoms. The van der Waals surface area contributed by atoms with Gasteiger partial charge < -0.3 is 9.84 Å². The Hall–Kier alpha value is -0.960. The second-order valence-electron chi connectivity index (χ2n) is 3.79. The number of ether oxygens (including phenoxy) is 1. The first-order valence-corrected chi connectivity index (χ1v) is 6.29. The molecular formula is C8H13N3O4S. The van der Waals surface area contributed by atoms with Crippen molar-refractivity contribution in [2.24, 2.45) is 0 Å². The molecule has 16 heavy (non-hydrogen) atoms. The normalized spacial score (nSPS) is 26.1. The maximum Gasteiger partial charge on any atom is 0.243 e. The Kier molecular flexibility index (Phi) is 2.98. The number of nitrogens with zero attached hydrogens (tertiary/aromatic N) is 1. The predicted octanol–water partition coefficient (Wildman–Crippen LogP) is -1.16. The topological polar surface area (TPSA) is 104 Å². The number of hydrogen-bond acceptors (Lipinski definition) is 5. The highest BCUT2D eigenvalue weighted by molar-refractivity contribution is 7.89. The summed E-state index contributed by atoms with van der Waals surface area (Å²) in [6, 6.07) is 0. The average Bonchev–Trinajstić information content (AvgIpc) is 2.86. The summed E-state index contributed by atoms with van der Waals surface area (Å²) >= 11 is 0. The minimum Gasteiger partial charge on any atom is -0.386 e. The number of aliphatic hydroxyl groups is 1. The summed E-state index contributed by atoms with van der Waals surface area (Å²) in [7, 11) is -3.60. The molecule has 1 aromatic rings. The molecule has 1 unspecified atom stereocenters. The lowest BCUT2D eigenvalue weighted by Gasteiger charge is -2.20. The van der Waals surface area contributed by atoms with Crippen LogP contribution in [-0.2, 0) is 14.8 Å². The van der Waals surface area contributed by atoms with Crippen LogP contribution in [0.25, 0.3) is 0 Å². The molecule has 3 N–H and O–H groups in total. The molecule has 1 fully saturated rings. The Morgan fingerprint density at radius 3 is 3.06 bits per heavy atom. The number of nitrogens with one attached hydrogen (secondary N) is 2. The van der Waals surface area contributed by atoms with Gasteiger partial charge in [-0.15, -0.1) is 0 Å². The summed E-state index contributed by atoms with van der Waals surface area (Å²) in [5.74, 6) is 0. The van der Waals surface area contributed by atoms with Crippen LogP contribution in [0, 0.1) is 0 Å². The molecule has 1 saturated heterocycles. The summed E-state index contributed by atoms with van der Waals surface area (Å²) in [5.41, 5.74) is -1.10. The van der Waals surface area contributed by atoms with Crippen molar-refractivity contribution in [3.05, 3.63) is 12.4 Å². The van der Waals surface area contributed by atoms with E-state index < -0.39 is 15.6 Å². The number of sulfonamides is 1. The molecule has 2 heterocycles. The Bertz CT molecular complexity index is 436. The van der Waals surface area contributed by atoms with Crippen molar-refractivity contribution in [1.82, 2.24) is 14.9 Å². The van der Waals surface area contributed by atoms with E-state index in [1.165, 1.54) is 12.4 Å². The Morgan fingerprint density at radius 1 is 1.69 bits per heavy atom. The van der Waals surface area contributed by atoms with Gasteiger partial charge in [-0.1, -0.05) is 0 Å². The Morgan fingerprint density at radius 2 is 2.50 bits per heavy atom. The minimum absolute atomic E-state index is 0.0509. The molecule has 0 aromatic carbocycles. The van der Waals surface area contributed by atoms with E-state index >= 15 is 0 Å². The monoisotopic (exact) mass is 247 g/mol. The fourth-order valence-electron chi connectivity index (χ4n) is 1.43. The van der Waals surface area contributed by atoms with Gasteiger partial charge in [-0.3, -0.25) is 5.10 Å². The minimum atomic E-state index is -3.60. The van der Waals surface area contributed by atoms with Crippen molar-refractivity contribution in [2.75, 3.05) is 19.8 Å². The number of aromatic amines is 1. The zero-order valence-corrected chi connectivity index (χ0v) is 9.33. The predicted molar refractivity (Wildman–Crippen MR) is 54.2 cm³/mol. The molecule has 0 spiro atoms. The molecule has 1 atom stereocenters. The van der Waals surface area contributed by atoms with Gasteiger partial charge in [-0.25, -0.2) is 13.1 Å². The third-order valence-electron chi connectivity index (χ3n) is 2.46. The van der Waals surface area contributed by atoms with Gasteiger partial charge in [0.05, 0.1) is 12.8 Å². The van der Waals surface area contributed by atoms with Crippen LogP contribution in [0.1, 0.15) is 6.42 Å². The van der Waals surface area contributed by atoms with E-state index in [1.807, 2.05) is 0 Å². The van der Waals surface area contributed by atoms with E-state index in [-0.39, 0.29) is 18.0 Å². The molecular weight excluding hydrogens is 234 g/mol. The standard InChI is InChI=1S/C8H13N3O4S/c12-8(1-2-15-6-8)5-11-16(13,14)7-3-9-10-4-7/h3-4,11-12H,1-2,5-6H2,(H,9,10). The third-order valence-corrected chi connectivity index (χ3v) is 3.83. The molecule has 0 saturated carbocycles. The van der Waals surface area contributed by atoms with Crippen molar-refractivity contribution in [1.29, 1.82) is 0 Å². The van der Waals surface area contributed by atoms with Crippen LogP contribution in [0.2, 0.25) is 0 Å². The lowest BCUT2D eigenvalue weighted by atomic mass is 10.1. The summed E-state index contributed by atoms with van der Waals surface area (Å²) < 4.78 is 30.7. The summed E-state index contributed by atoms with van der Waals surface area (Å²) in [6.45, 7) is 0.547. The molecule has 0 amide bonds. The van der Waals surface area contributed by atoms with E-state index in [1.54, 1.807) is 0 Å². The molecule has 1 aliphatic rings. The van der Waals surface area contributed by atoms with Crippen LogP contribution in [0.5, 0.6) is 0 Å². The van der Waals surface area contributed by atoms with E-state index in [4.69, 9.17) is 4.74 Å². The number of H-pyrrole nitrogens is 1.